The maximum Gasteiger partial charge on any atom is 0.129 e. The first-order valence-corrected chi connectivity index (χ1v) is 5.74. The number of piperidine rings is 1. The summed E-state index contributed by atoms with van der Waals surface area (Å²) in [6.45, 7) is 5.61. The lowest BCUT2D eigenvalue weighted by Crippen LogP contribution is -2.43. The first-order chi connectivity index (χ1) is 7.58. The number of β-amino-alcohol motifs (C(OH)–C–C–N with tert-alkyl or cyclic N) is 1. The summed E-state index contributed by atoms with van der Waals surface area (Å²) in [4.78, 5) is 6.57. The normalized spacial score (nSPS) is 25.8. The lowest BCUT2D eigenvalue weighted by Gasteiger charge is -2.35. The summed E-state index contributed by atoms with van der Waals surface area (Å²) in [7, 11) is 0. The Kier molecular flexibility index (Phi) is 3.01. The van der Waals surface area contributed by atoms with Crippen LogP contribution in [0.4, 0.5) is 11.5 Å². The van der Waals surface area contributed by atoms with Crippen LogP contribution in [0.25, 0.3) is 0 Å². The molecule has 3 N–H and O–H groups in total. The van der Waals surface area contributed by atoms with Crippen LogP contribution in [0.3, 0.4) is 0 Å². The zero-order valence-electron chi connectivity index (χ0n) is 9.85. The van der Waals surface area contributed by atoms with Crippen LogP contribution in [-0.2, 0) is 0 Å². The summed E-state index contributed by atoms with van der Waals surface area (Å²) in [6, 6.07) is 3.80. The van der Waals surface area contributed by atoms with Crippen molar-refractivity contribution in [2.75, 3.05) is 23.7 Å². The second-order valence-electron chi connectivity index (χ2n) is 4.62. The van der Waals surface area contributed by atoms with Gasteiger partial charge in [-0.25, -0.2) is 4.98 Å². The fourth-order valence-corrected chi connectivity index (χ4v) is 1.99. The van der Waals surface area contributed by atoms with Crippen LogP contribution >= 0.6 is 0 Å². The molecule has 88 valence electrons. The molecule has 2 rings (SSSR count). The molecular formula is C12H19N3O. The van der Waals surface area contributed by atoms with Gasteiger partial charge in [0.2, 0.25) is 0 Å². The van der Waals surface area contributed by atoms with Crippen molar-refractivity contribution in [1.29, 1.82) is 0 Å². The van der Waals surface area contributed by atoms with Crippen molar-refractivity contribution < 1.29 is 5.11 Å². The number of pyridine rings is 1. The Morgan fingerprint density at radius 2 is 2.25 bits per heavy atom. The SMILES string of the molecule is Cc1nc(N2CCC(C)C(O)C2)ccc1N. The molecule has 1 aromatic rings. The van der Waals surface area contributed by atoms with Crippen LogP contribution in [-0.4, -0.2) is 29.3 Å². The molecule has 1 aliphatic heterocycles. The Labute approximate surface area is 96.1 Å². The first-order valence-electron chi connectivity index (χ1n) is 5.74. The van der Waals surface area contributed by atoms with E-state index in [1.165, 1.54) is 0 Å². The van der Waals surface area contributed by atoms with Crippen LogP contribution in [0, 0.1) is 12.8 Å². The number of rotatable bonds is 1. The fourth-order valence-electron chi connectivity index (χ4n) is 1.99. The number of aliphatic hydroxyl groups is 1. The van der Waals surface area contributed by atoms with E-state index in [0.717, 1.165) is 30.2 Å². The van der Waals surface area contributed by atoms with E-state index in [2.05, 4.69) is 16.8 Å². The molecule has 2 atom stereocenters. The number of hydrogen-bond acceptors (Lipinski definition) is 4. The summed E-state index contributed by atoms with van der Waals surface area (Å²) >= 11 is 0. The standard InChI is InChI=1S/C12H19N3O/c1-8-5-6-15(7-11(8)16)12-4-3-10(13)9(2)14-12/h3-4,8,11,16H,5-7,13H2,1-2H3. The Morgan fingerprint density at radius 3 is 2.88 bits per heavy atom. The zero-order valence-corrected chi connectivity index (χ0v) is 9.85. The zero-order chi connectivity index (χ0) is 11.7. The third-order valence-corrected chi connectivity index (χ3v) is 3.35. The van der Waals surface area contributed by atoms with Gasteiger partial charge in [0.05, 0.1) is 17.5 Å². The highest BCUT2D eigenvalue weighted by atomic mass is 16.3. The number of aromatic nitrogens is 1. The summed E-state index contributed by atoms with van der Waals surface area (Å²) in [5.74, 6) is 1.30. The molecule has 0 saturated carbocycles. The van der Waals surface area contributed by atoms with Crippen molar-refractivity contribution in [3.05, 3.63) is 17.8 Å². The van der Waals surface area contributed by atoms with Gasteiger partial charge in [0.1, 0.15) is 5.82 Å². The maximum absolute atomic E-state index is 9.84. The van der Waals surface area contributed by atoms with E-state index in [4.69, 9.17) is 5.73 Å². The van der Waals surface area contributed by atoms with Gasteiger partial charge >= 0.3 is 0 Å². The van der Waals surface area contributed by atoms with Crippen molar-refractivity contribution in [2.45, 2.75) is 26.4 Å². The van der Waals surface area contributed by atoms with E-state index >= 15 is 0 Å². The van der Waals surface area contributed by atoms with Crippen molar-refractivity contribution in [1.82, 2.24) is 4.98 Å². The Bertz CT molecular complexity index is 381. The van der Waals surface area contributed by atoms with Crippen LogP contribution in [0.5, 0.6) is 0 Å². The van der Waals surface area contributed by atoms with E-state index in [1.807, 2.05) is 19.1 Å². The van der Waals surface area contributed by atoms with E-state index in [-0.39, 0.29) is 6.10 Å². The minimum atomic E-state index is -0.256. The van der Waals surface area contributed by atoms with Crippen LogP contribution in [0.1, 0.15) is 19.0 Å². The average molecular weight is 221 g/mol. The monoisotopic (exact) mass is 221 g/mol. The molecule has 16 heavy (non-hydrogen) atoms. The third-order valence-electron chi connectivity index (χ3n) is 3.35. The van der Waals surface area contributed by atoms with Gasteiger partial charge < -0.3 is 15.7 Å². The summed E-state index contributed by atoms with van der Waals surface area (Å²) in [5.41, 5.74) is 7.31. The van der Waals surface area contributed by atoms with E-state index in [9.17, 15) is 5.11 Å². The molecule has 1 fully saturated rings. The minimum absolute atomic E-state index is 0.256. The molecule has 4 heteroatoms. The smallest absolute Gasteiger partial charge is 0.129 e. The quantitative estimate of drug-likeness (QED) is 0.747. The van der Waals surface area contributed by atoms with Gasteiger partial charge in [0.15, 0.2) is 0 Å². The van der Waals surface area contributed by atoms with Crippen LogP contribution < -0.4 is 10.6 Å². The largest absolute Gasteiger partial charge is 0.397 e. The van der Waals surface area contributed by atoms with Gasteiger partial charge in [-0.05, 0) is 31.4 Å². The Morgan fingerprint density at radius 1 is 1.50 bits per heavy atom. The predicted octanol–water partition coefficient (Wildman–Crippen LogP) is 1.18. The lowest BCUT2D eigenvalue weighted by atomic mass is 9.96. The van der Waals surface area contributed by atoms with E-state index < -0.39 is 0 Å². The summed E-state index contributed by atoms with van der Waals surface area (Å²) in [5, 5.41) is 9.84. The van der Waals surface area contributed by atoms with E-state index in [0.29, 0.717) is 12.5 Å². The predicted molar refractivity (Wildman–Crippen MR) is 65.4 cm³/mol. The second kappa shape index (κ2) is 4.29. The number of nitrogens with zero attached hydrogens (tertiary/aromatic N) is 2. The van der Waals surface area contributed by atoms with Gasteiger partial charge in [0, 0.05) is 13.1 Å². The molecular weight excluding hydrogens is 202 g/mol. The molecule has 1 saturated heterocycles. The molecule has 0 amide bonds. The van der Waals surface area contributed by atoms with Crippen molar-refractivity contribution in [2.24, 2.45) is 5.92 Å². The highest BCUT2D eigenvalue weighted by Crippen LogP contribution is 2.23. The van der Waals surface area contributed by atoms with Gasteiger partial charge in [-0.1, -0.05) is 6.92 Å². The molecule has 0 bridgehead atoms. The summed E-state index contributed by atoms with van der Waals surface area (Å²) in [6.07, 6.45) is 0.750. The topological polar surface area (TPSA) is 62.4 Å². The minimum Gasteiger partial charge on any atom is -0.397 e. The van der Waals surface area contributed by atoms with Gasteiger partial charge in [0.25, 0.3) is 0 Å². The lowest BCUT2D eigenvalue weighted by molar-refractivity contribution is 0.102. The molecule has 0 spiro atoms. The van der Waals surface area contributed by atoms with Crippen molar-refractivity contribution in [3.8, 4) is 0 Å². The molecule has 0 radical (unpaired) electrons. The molecule has 0 aromatic carbocycles. The Hall–Kier alpha value is -1.29. The van der Waals surface area contributed by atoms with Gasteiger partial charge in [-0.3, -0.25) is 0 Å². The average Bonchev–Trinajstić information content (AvgIpc) is 2.26. The van der Waals surface area contributed by atoms with Gasteiger partial charge in [-0.15, -0.1) is 0 Å². The molecule has 4 nitrogen and oxygen atoms in total. The number of aryl methyl sites for hydroxylation is 1. The molecule has 0 aliphatic carbocycles. The molecule has 2 heterocycles. The molecule has 1 aromatic heterocycles. The summed E-state index contributed by atoms with van der Waals surface area (Å²) < 4.78 is 0. The highest BCUT2D eigenvalue weighted by molar-refractivity contribution is 5.50. The number of hydrogen-bond donors (Lipinski definition) is 2. The van der Waals surface area contributed by atoms with Crippen LogP contribution in [0.15, 0.2) is 12.1 Å². The molecule has 2 unspecified atom stereocenters. The number of anilines is 2. The number of nitrogens with two attached hydrogens (primary N) is 1. The second-order valence-corrected chi connectivity index (χ2v) is 4.62. The third kappa shape index (κ3) is 2.11. The van der Waals surface area contributed by atoms with Crippen LogP contribution in [0.2, 0.25) is 0 Å². The highest BCUT2D eigenvalue weighted by Gasteiger charge is 2.24. The first kappa shape index (κ1) is 11.2. The number of aliphatic hydroxyl groups excluding tert-OH is 1. The fraction of sp³-hybridized carbons (Fsp3) is 0.583. The van der Waals surface area contributed by atoms with E-state index in [1.54, 1.807) is 0 Å². The Balaban J connectivity index is 2.15. The van der Waals surface area contributed by atoms with Crippen molar-refractivity contribution in [3.63, 3.8) is 0 Å². The molecule has 1 aliphatic rings. The maximum atomic E-state index is 9.84. The number of nitrogen functional groups attached to an aromatic ring is 1. The van der Waals surface area contributed by atoms with Gasteiger partial charge in [-0.2, -0.15) is 0 Å². The van der Waals surface area contributed by atoms with Crippen molar-refractivity contribution >= 4 is 11.5 Å².